The standard InChI is InChI=1S/C12H16N2O3S2/c1-16-6-7-17-5-2-4-14-11(15)10-9(3-8-19-10)13-12(14)18/h3,8H,2,4-7H2,1H3,(H,13,18). The van der Waals surface area contributed by atoms with Crippen LogP contribution in [0, 0.1) is 4.77 Å². The highest BCUT2D eigenvalue weighted by molar-refractivity contribution is 7.71. The maximum absolute atomic E-state index is 12.2. The monoisotopic (exact) mass is 300 g/mol. The van der Waals surface area contributed by atoms with E-state index in [2.05, 4.69) is 4.98 Å². The Morgan fingerprint density at radius 1 is 1.42 bits per heavy atom. The number of ether oxygens (including phenoxy) is 2. The molecule has 0 aliphatic rings. The smallest absolute Gasteiger partial charge is 0.272 e. The fourth-order valence-corrected chi connectivity index (χ4v) is 2.82. The van der Waals surface area contributed by atoms with Gasteiger partial charge in [0.1, 0.15) is 4.70 Å². The summed E-state index contributed by atoms with van der Waals surface area (Å²) in [7, 11) is 1.64. The van der Waals surface area contributed by atoms with Crippen LogP contribution in [0.5, 0.6) is 0 Å². The third-order valence-corrected chi connectivity index (χ3v) is 3.92. The first-order valence-corrected chi connectivity index (χ1v) is 7.30. The Hall–Kier alpha value is -1.02. The molecule has 0 saturated heterocycles. The van der Waals surface area contributed by atoms with Crippen LogP contribution in [0.4, 0.5) is 0 Å². The predicted molar refractivity (Wildman–Crippen MR) is 78.6 cm³/mol. The molecular formula is C12H16N2O3S2. The lowest BCUT2D eigenvalue weighted by Crippen LogP contribution is -2.22. The summed E-state index contributed by atoms with van der Waals surface area (Å²) in [5.41, 5.74) is 0.790. The Morgan fingerprint density at radius 3 is 3.05 bits per heavy atom. The van der Waals surface area contributed by atoms with Gasteiger partial charge in [0.25, 0.3) is 5.56 Å². The molecule has 0 saturated carbocycles. The van der Waals surface area contributed by atoms with Crippen LogP contribution in [0.25, 0.3) is 10.2 Å². The van der Waals surface area contributed by atoms with Gasteiger partial charge in [-0.15, -0.1) is 11.3 Å². The fraction of sp³-hybridized carbons (Fsp3) is 0.500. The molecule has 104 valence electrons. The number of aromatic nitrogens is 2. The van der Waals surface area contributed by atoms with Gasteiger partial charge in [0.2, 0.25) is 0 Å². The van der Waals surface area contributed by atoms with Gasteiger partial charge in [0.15, 0.2) is 4.77 Å². The summed E-state index contributed by atoms with van der Waals surface area (Å²) in [6, 6.07) is 1.87. The highest BCUT2D eigenvalue weighted by Gasteiger charge is 2.06. The third-order valence-electron chi connectivity index (χ3n) is 2.69. The van der Waals surface area contributed by atoms with Gasteiger partial charge in [0.05, 0.1) is 18.7 Å². The molecule has 0 aromatic carbocycles. The van der Waals surface area contributed by atoms with Crippen molar-refractivity contribution in [3.63, 3.8) is 0 Å². The quantitative estimate of drug-likeness (QED) is 0.629. The zero-order valence-electron chi connectivity index (χ0n) is 10.7. The van der Waals surface area contributed by atoms with Crippen LogP contribution >= 0.6 is 23.6 Å². The zero-order valence-corrected chi connectivity index (χ0v) is 12.3. The zero-order chi connectivity index (χ0) is 13.7. The van der Waals surface area contributed by atoms with E-state index in [0.717, 1.165) is 11.9 Å². The maximum atomic E-state index is 12.2. The SMILES string of the molecule is COCCOCCCn1c(=S)[nH]c2ccsc2c1=O. The second-order valence-corrected chi connectivity index (χ2v) is 5.31. The van der Waals surface area contributed by atoms with Crippen molar-refractivity contribution in [2.75, 3.05) is 26.9 Å². The van der Waals surface area contributed by atoms with E-state index in [1.165, 1.54) is 11.3 Å². The summed E-state index contributed by atoms with van der Waals surface area (Å²) in [5, 5.41) is 1.88. The number of hydrogen-bond donors (Lipinski definition) is 1. The fourth-order valence-electron chi connectivity index (χ4n) is 1.74. The Morgan fingerprint density at radius 2 is 2.26 bits per heavy atom. The molecule has 1 N–H and O–H groups in total. The van der Waals surface area contributed by atoms with E-state index in [4.69, 9.17) is 21.7 Å². The average molecular weight is 300 g/mol. The number of methoxy groups -OCH3 is 1. The van der Waals surface area contributed by atoms with Crippen molar-refractivity contribution >= 4 is 33.8 Å². The Kier molecular flexibility index (Phi) is 5.26. The number of rotatable bonds is 7. The van der Waals surface area contributed by atoms with Crippen molar-refractivity contribution in [1.82, 2.24) is 9.55 Å². The topological polar surface area (TPSA) is 56.2 Å². The van der Waals surface area contributed by atoms with Crippen molar-refractivity contribution in [2.45, 2.75) is 13.0 Å². The molecule has 0 radical (unpaired) electrons. The average Bonchev–Trinajstić information content (AvgIpc) is 2.85. The normalized spacial score (nSPS) is 11.2. The van der Waals surface area contributed by atoms with Gasteiger partial charge in [-0.1, -0.05) is 0 Å². The number of hydrogen-bond acceptors (Lipinski definition) is 5. The van der Waals surface area contributed by atoms with Crippen LogP contribution in [0.2, 0.25) is 0 Å². The summed E-state index contributed by atoms with van der Waals surface area (Å²) >= 11 is 6.63. The van der Waals surface area contributed by atoms with Crippen LogP contribution in [0.3, 0.4) is 0 Å². The lowest BCUT2D eigenvalue weighted by atomic mass is 10.4. The molecule has 0 aliphatic heterocycles. The summed E-state index contributed by atoms with van der Waals surface area (Å²) in [4.78, 5) is 15.3. The van der Waals surface area contributed by atoms with Crippen molar-refractivity contribution < 1.29 is 9.47 Å². The summed E-state index contributed by atoms with van der Waals surface area (Å²) in [6.45, 7) is 2.31. The molecule has 2 rings (SSSR count). The van der Waals surface area contributed by atoms with Crippen molar-refractivity contribution in [1.29, 1.82) is 0 Å². The van der Waals surface area contributed by atoms with E-state index in [-0.39, 0.29) is 5.56 Å². The van der Waals surface area contributed by atoms with E-state index in [1.54, 1.807) is 11.7 Å². The molecule has 0 aliphatic carbocycles. The van der Waals surface area contributed by atoms with Crippen LogP contribution in [-0.4, -0.2) is 36.5 Å². The molecular weight excluding hydrogens is 284 g/mol. The molecule has 0 atom stereocenters. The first-order chi connectivity index (χ1) is 9.24. The van der Waals surface area contributed by atoms with E-state index in [9.17, 15) is 4.79 Å². The lowest BCUT2D eigenvalue weighted by molar-refractivity contribution is 0.0679. The Labute approximate surface area is 119 Å². The van der Waals surface area contributed by atoms with Crippen molar-refractivity contribution in [2.24, 2.45) is 0 Å². The van der Waals surface area contributed by atoms with E-state index < -0.39 is 0 Å². The number of thiophene rings is 1. The van der Waals surface area contributed by atoms with Gasteiger partial charge in [-0.2, -0.15) is 0 Å². The largest absolute Gasteiger partial charge is 0.382 e. The number of H-pyrrole nitrogens is 1. The molecule has 0 amide bonds. The second kappa shape index (κ2) is 6.95. The Balaban J connectivity index is 2.00. The predicted octanol–water partition coefficient (Wildman–Crippen LogP) is 2.17. The number of nitrogens with one attached hydrogen (secondary N) is 1. The molecule has 19 heavy (non-hydrogen) atoms. The summed E-state index contributed by atoms with van der Waals surface area (Å²) in [6.07, 6.45) is 0.748. The van der Waals surface area contributed by atoms with E-state index in [1.807, 2.05) is 11.4 Å². The van der Waals surface area contributed by atoms with Crippen LogP contribution in [-0.2, 0) is 16.0 Å². The molecule has 2 heterocycles. The molecule has 0 fully saturated rings. The minimum Gasteiger partial charge on any atom is -0.382 e. The van der Waals surface area contributed by atoms with Crippen molar-refractivity contribution in [3.05, 3.63) is 26.6 Å². The number of nitrogens with zero attached hydrogens (tertiary/aromatic N) is 1. The van der Waals surface area contributed by atoms with Gasteiger partial charge in [0, 0.05) is 20.3 Å². The van der Waals surface area contributed by atoms with E-state index >= 15 is 0 Å². The molecule has 7 heteroatoms. The number of fused-ring (bicyclic) bond motifs is 1. The molecule has 2 aromatic heterocycles. The van der Waals surface area contributed by atoms with Gasteiger partial charge in [-0.05, 0) is 30.1 Å². The van der Waals surface area contributed by atoms with Crippen LogP contribution < -0.4 is 5.56 Å². The van der Waals surface area contributed by atoms with Crippen LogP contribution in [0.1, 0.15) is 6.42 Å². The van der Waals surface area contributed by atoms with Crippen LogP contribution in [0.15, 0.2) is 16.2 Å². The second-order valence-electron chi connectivity index (χ2n) is 4.01. The number of aromatic amines is 1. The first kappa shape index (κ1) is 14.4. The van der Waals surface area contributed by atoms with Crippen molar-refractivity contribution in [3.8, 4) is 0 Å². The lowest BCUT2D eigenvalue weighted by Gasteiger charge is -2.07. The highest BCUT2D eigenvalue weighted by Crippen LogP contribution is 2.13. The molecule has 0 spiro atoms. The van der Waals surface area contributed by atoms with Gasteiger partial charge < -0.3 is 14.5 Å². The minimum atomic E-state index is -0.0226. The third kappa shape index (κ3) is 3.50. The molecule has 0 bridgehead atoms. The van der Waals surface area contributed by atoms with E-state index in [0.29, 0.717) is 35.8 Å². The Bertz CT molecular complexity index is 644. The first-order valence-electron chi connectivity index (χ1n) is 6.01. The minimum absolute atomic E-state index is 0.0226. The molecule has 2 aromatic rings. The summed E-state index contributed by atoms with van der Waals surface area (Å²) in [5.74, 6) is 0. The maximum Gasteiger partial charge on any atom is 0.272 e. The van der Waals surface area contributed by atoms with Gasteiger partial charge >= 0.3 is 0 Å². The van der Waals surface area contributed by atoms with Gasteiger partial charge in [-0.3, -0.25) is 9.36 Å². The highest BCUT2D eigenvalue weighted by atomic mass is 32.1. The van der Waals surface area contributed by atoms with Gasteiger partial charge in [-0.25, -0.2) is 0 Å². The molecule has 5 nitrogen and oxygen atoms in total. The molecule has 0 unspecified atom stereocenters. The summed E-state index contributed by atoms with van der Waals surface area (Å²) < 4.78 is 13.0.